The molecule has 0 spiro atoms. The van der Waals surface area contributed by atoms with Crippen molar-refractivity contribution in [3.05, 3.63) is 18.2 Å². The third-order valence-corrected chi connectivity index (χ3v) is 6.50. The highest BCUT2D eigenvalue weighted by molar-refractivity contribution is 7.91. The Bertz CT molecular complexity index is 748. The predicted molar refractivity (Wildman–Crippen MR) is 87.9 cm³/mol. The molecule has 1 saturated carbocycles. The van der Waals surface area contributed by atoms with Gasteiger partial charge in [-0.05, 0) is 31.0 Å². The molecule has 0 aromatic heterocycles. The van der Waals surface area contributed by atoms with Gasteiger partial charge < -0.3 is 4.90 Å². The molecule has 0 N–H and O–H groups in total. The van der Waals surface area contributed by atoms with Gasteiger partial charge in [0.1, 0.15) is 0 Å². The number of hydrogen-bond acceptors (Lipinski definition) is 5. The van der Waals surface area contributed by atoms with Crippen LogP contribution in [0.1, 0.15) is 32.1 Å². The fourth-order valence-corrected chi connectivity index (χ4v) is 4.63. The molecule has 0 saturated heterocycles. The highest BCUT2D eigenvalue weighted by Crippen LogP contribution is 2.32. The number of benzene rings is 1. The molecule has 2 rings (SSSR count). The van der Waals surface area contributed by atoms with Gasteiger partial charge in [-0.25, -0.2) is 16.8 Å². The first-order valence-electron chi connectivity index (χ1n) is 7.37. The normalized spacial score (nSPS) is 17.4. The van der Waals surface area contributed by atoms with Crippen molar-refractivity contribution in [2.24, 2.45) is 0 Å². The summed E-state index contributed by atoms with van der Waals surface area (Å²) in [6.45, 7) is 0. The van der Waals surface area contributed by atoms with E-state index in [9.17, 15) is 16.8 Å². The molecule has 1 fully saturated rings. The second-order valence-corrected chi connectivity index (χ2v) is 10.1. The van der Waals surface area contributed by atoms with Crippen LogP contribution >= 0.6 is 0 Å². The summed E-state index contributed by atoms with van der Waals surface area (Å²) in [5, 5.41) is 0. The van der Waals surface area contributed by atoms with Crippen LogP contribution in [0.25, 0.3) is 0 Å². The molecule has 1 aromatic carbocycles. The molecule has 0 atom stereocenters. The lowest BCUT2D eigenvalue weighted by molar-refractivity contribution is 0.426. The van der Waals surface area contributed by atoms with Crippen molar-refractivity contribution < 1.29 is 16.8 Å². The van der Waals surface area contributed by atoms with E-state index in [2.05, 4.69) is 0 Å². The zero-order valence-electron chi connectivity index (χ0n) is 13.2. The van der Waals surface area contributed by atoms with Crippen molar-refractivity contribution >= 4 is 25.4 Å². The van der Waals surface area contributed by atoms with Gasteiger partial charge in [-0.15, -0.1) is 0 Å². The molecular weight excluding hydrogens is 322 g/mol. The van der Waals surface area contributed by atoms with E-state index in [0.29, 0.717) is 11.7 Å². The Labute approximate surface area is 133 Å². The fraction of sp³-hybridized carbons (Fsp3) is 0.600. The van der Waals surface area contributed by atoms with E-state index >= 15 is 0 Å². The Kier molecular flexibility index (Phi) is 4.87. The van der Waals surface area contributed by atoms with Gasteiger partial charge in [0.25, 0.3) is 0 Å². The maximum absolute atomic E-state index is 12.1. The highest BCUT2D eigenvalue weighted by atomic mass is 32.2. The second-order valence-electron chi connectivity index (χ2n) is 6.08. The van der Waals surface area contributed by atoms with Crippen LogP contribution in [0.15, 0.2) is 28.0 Å². The minimum absolute atomic E-state index is 0.0359. The average Bonchev–Trinajstić information content (AvgIpc) is 2.45. The van der Waals surface area contributed by atoms with Crippen LogP contribution < -0.4 is 4.90 Å². The van der Waals surface area contributed by atoms with Gasteiger partial charge >= 0.3 is 0 Å². The topological polar surface area (TPSA) is 71.5 Å². The summed E-state index contributed by atoms with van der Waals surface area (Å²) in [6.07, 6.45) is 7.78. The lowest BCUT2D eigenvalue weighted by atomic mass is 9.94. The quantitative estimate of drug-likeness (QED) is 0.837. The third kappa shape index (κ3) is 3.81. The summed E-state index contributed by atoms with van der Waals surface area (Å²) >= 11 is 0. The molecule has 0 heterocycles. The van der Waals surface area contributed by atoms with E-state index in [1.807, 2.05) is 11.9 Å². The Morgan fingerprint density at radius 2 is 1.55 bits per heavy atom. The maximum atomic E-state index is 12.1. The summed E-state index contributed by atoms with van der Waals surface area (Å²) in [4.78, 5) is 2.11. The van der Waals surface area contributed by atoms with Crippen molar-refractivity contribution in [2.75, 3.05) is 24.5 Å². The van der Waals surface area contributed by atoms with E-state index < -0.39 is 19.7 Å². The van der Waals surface area contributed by atoms with Crippen molar-refractivity contribution in [3.63, 3.8) is 0 Å². The van der Waals surface area contributed by atoms with Crippen LogP contribution in [-0.4, -0.2) is 42.4 Å². The molecule has 7 heteroatoms. The van der Waals surface area contributed by atoms with E-state index in [1.165, 1.54) is 18.6 Å². The average molecular weight is 345 g/mol. The van der Waals surface area contributed by atoms with Crippen LogP contribution in [0.5, 0.6) is 0 Å². The van der Waals surface area contributed by atoms with E-state index in [1.54, 1.807) is 6.07 Å². The summed E-state index contributed by atoms with van der Waals surface area (Å²) in [6, 6.07) is 4.68. The number of sulfone groups is 2. The Hall–Kier alpha value is -1.08. The number of hydrogen-bond donors (Lipinski definition) is 0. The van der Waals surface area contributed by atoms with Crippen LogP contribution in [0.3, 0.4) is 0 Å². The second kappa shape index (κ2) is 6.20. The molecule has 1 aromatic rings. The molecule has 5 nitrogen and oxygen atoms in total. The van der Waals surface area contributed by atoms with E-state index in [0.717, 1.165) is 38.2 Å². The lowest BCUT2D eigenvalue weighted by Crippen LogP contribution is -2.34. The zero-order chi connectivity index (χ0) is 16.5. The van der Waals surface area contributed by atoms with Gasteiger partial charge in [0.15, 0.2) is 19.7 Å². The van der Waals surface area contributed by atoms with Gasteiger partial charge in [0.05, 0.1) is 15.5 Å². The SMILES string of the molecule is CN(c1ccc(S(C)(=O)=O)cc1S(C)(=O)=O)C1CCCCC1. The predicted octanol–water partition coefficient (Wildman–Crippen LogP) is 2.26. The molecule has 1 aliphatic carbocycles. The maximum Gasteiger partial charge on any atom is 0.177 e. The first-order valence-corrected chi connectivity index (χ1v) is 11.2. The minimum Gasteiger partial charge on any atom is -0.371 e. The van der Waals surface area contributed by atoms with Crippen molar-refractivity contribution in [2.45, 2.75) is 47.9 Å². The Morgan fingerprint density at radius 3 is 2.05 bits per heavy atom. The lowest BCUT2D eigenvalue weighted by Gasteiger charge is -2.34. The molecule has 0 amide bonds. The molecule has 0 radical (unpaired) electrons. The summed E-state index contributed by atoms with van der Waals surface area (Å²) in [5.74, 6) is 0. The highest BCUT2D eigenvalue weighted by Gasteiger charge is 2.24. The first kappa shape index (κ1) is 17.3. The van der Waals surface area contributed by atoms with Crippen LogP contribution in [0.2, 0.25) is 0 Å². The molecule has 0 bridgehead atoms. The summed E-state index contributed by atoms with van der Waals surface area (Å²) in [5.41, 5.74) is 0.585. The largest absolute Gasteiger partial charge is 0.371 e. The smallest absolute Gasteiger partial charge is 0.177 e. The van der Waals surface area contributed by atoms with E-state index in [4.69, 9.17) is 0 Å². The standard InChI is InChI=1S/C15H23NO4S2/c1-16(12-7-5-4-6-8-12)14-10-9-13(21(2,17)18)11-15(14)22(3,19)20/h9-12H,4-8H2,1-3H3. The van der Waals surface area contributed by atoms with Gasteiger partial charge in [-0.3, -0.25) is 0 Å². The molecule has 1 aliphatic rings. The minimum atomic E-state index is -3.51. The van der Waals surface area contributed by atoms with Gasteiger partial charge in [0.2, 0.25) is 0 Å². The zero-order valence-corrected chi connectivity index (χ0v) is 14.9. The molecule has 22 heavy (non-hydrogen) atoms. The first-order chi connectivity index (χ1) is 10.1. The molecule has 0 unspecified atom stereocenters. The van der Waals surface area contributed by atoms with Crippen molar-refractivity contribution in [1.29, 1.82) is 0 Å². The number of anilines is 1. The number of rotatable bonds is 4. The monoisotopic (exact) mass is 345 g/mol. The van der Waals surface area contributed by atoms with Crippen LogP contribution in [0, 0.1) is 0 Å². The van der Waals surface area contributed by atoms with Crippen LogP contribution in [-0.2, 0) is 19.7 Å². The van der Waals surface area contributed by atoms with Crippen LogP contribution in [0.4, 0.5) is 5.69 Å². The fourth-order valence-electron chi connectivity index (χ4n) is 2.98. The van der Waals surface area contributed by atoms with Gasteiger partial charge in [-0.1, -0.05) is 19.3 Å². The van der Waals surface area contributed by atoms with Crippen molar-refractivity contribution in [3.8, 4) is 0 Å². The van der Waals surface area contributed by atoms with Gasteiger partial charge in [-0.2, -0.15) is 0 Å². The molecular formula is C15H23NO4S2. The molecule has 0 aliphatic heterocycles. The van der Waals surface area contributed by atoms with E-state index in [-0.39, 0.29) is 9.79 Å². The number of nitrogens with zero attached hydrogens (tertiary/aromatic N) is 1. The summed E-state index contributed by atoms with van der Waals surface area (Å²) < 4.78 is 47.6. The Morgan fingerprint density at radius 1 is 0.955 bits per heavy atom. The molecule has 124 valence electrons. The summed E-state index contributed by atoms with van der Waals surface area (Å²) in [7, 11) is -5.05. The Balaban J connectivity index is 2.51. The van der Waals surface area contributed by atoms with Gasteiger partial charge in [0, 0.05) is 25.6 Å². The van der Waals surface area contributed by atoms with Crippen molar-refractivity contribution in [1.82, 2.24) is 0 Å². The third-order valence-electron chi connectivity index (χ3n) is 4.26.